The number of carboxylic acid groups (broad SMARTS) is 1. The second-order valence-corrected chi connectivity index (χ2v) is 11.9. The normalized spacial score (nSPS) is 12.2. The van der Waals surface area contributed by atoms with Gasteiger partial charge in [0.2, 0.25) is 11.8 Å². The molecule has 2 atom stereocenters. The number of unbranched alkanes of at least 4 members (excludes halogenated alkanes) is 14. The van der Waals surface area contributed by atoms with Gasteiger partial charge in [-0.3, -0.25) is 14.4 Å². The molecule has 0 saturated carbocycles. The maximum Gasteiger partial charge on any atom is 0.335 e. The Kier molecular flexibility index (Phi) is 18.2. The summed E-state index contributed by atoms with van der Waals surface area (Å²) in [5, 5.41) is 27.2. The Balaban J connectivity index is 1.63. The number of nitrogens with one attached hydrogen (secondary N) is 3. The summed E-state index contributed by atoms with van der Waals surface area (Å²) in [6.07, 6.45) is 18.3. The van der Waals surface area contributed by atoms with Crippen LogP contribution in [0, 0.1) is 0 Å². The van der Waals surface area contributed by atoms with E-state index in [0.717, 1.165) is 19.3 Å². The monoisotopic (exact) mass is 623 g/mol. The lowest BCUT2D eigenvalue weighted by Crippen LogP contribution is -2.50. The Hall–Kier alpha value is -3.72. The standard InChI is InChI=1S/C36H53N3O6/c1-3-4-5-6-7-8-9-10-11-12-13-14-15-16-17-21-32(41)37-30-24-22-28(23-25-30)34(42)39-33(27(2)40)35(43)38-31-20-18-19-29(26-31)36(44)45/h18-20,22-27,33,40H,3-17,21H2,1-2H3,(H,37,41)(H,38,43)(H,39,42)(H,44,45)/t27?,33-/m0/s1. The molecule has 2 rings (SSSR count). The van der Waals surface area contributed by atoms with Gasteiger partial charge in [0.15, 0.2) is 0 Å². The van der Waals surface area contributed by atoms with Crippen LogP contribution in [0.3, 0.4) is 0 Å². The van der Waals surface area contributed by atoms with Gasteiger partial charge in [-0.15, -0.1) is 0 Å². The number of hydrogen-bond acceptors (Lipinski definition) is 5. The number of aliphatic hydroxyl groups is 1. The fourth-order valence-electron chi connectivity index (χ4n) is 5.17. The highest BCUT2D eigenvalue weighted by Crippen LogP contribution is 2.16. The van der Waals surface area contributed by atoms with Gasteiger partial charge in [0.1, 0.15) is 6.04 Å². The molecule has 0 aliphatic rings. The number of carbonyl (C=O) groups is 4. The van der Waals surface area contributed by atoms with Crippen LogP contribution < -0.4 is 16.0 Å². The van der Waals surface area contributed by atoms with E-state index in [1.54, 1.807) is 12.1 Å². The summed E-state index contributed by atoms with van der Waals surface area (Å²) in [7, 11) is 0. The number of rotatable bonds is 23. The van der Waals surface area contributed by atoms with Crippen molar-refractivity contribution in [3.8, 4) is 0 Å². The summed E-state index contributed by atoms with van der Waals surface area (Å²) in [4.78, 5) is 49.1. The molecule has 0 aromatic heterocycles. The minimum Gasteiger partial charge on any atom is -0.478 e. The van der Waals surface area contributed by atoms with Gasteiger partial charge < -0.3 is 26.2 Å². The van der Waals surface area contributed by atoms with Crippen LogP contribution >= 0.6 is 0 Å². The van der Waals surface area contributed by atoms with E-state index in [1.165, 1.54) is 120 Å². The quantitative estimate of drug-likeness (QED) is 0.0802. The van der Waals surface area contributed by atoms with Gasteiger partial charge in [-0.25, -0.2) is 4.79 Å². The number of benzene rings is 2. The summed E-state index contributed by atoms with van der Waals surface area (Å²) in [6, 6.07) is 10.7. The van der Waals surface area contributed by atoms with E-state index < -0.39 is 29.9 Å². The fraction of sp³-hybridized carbons (Fsp3) is 0.556. The van der Waals surface area contributed by atoms with Gasteiger partial charge in [-0.1, -0.05) is 103 Å². The van der Waals surface area contributed by atoms with Crippen molar-refractivity contribution in [1.29, 1.82) is 0 Å². The highest BCUT2D eigenvalue weighted by Gasteiger charge is 2.26. The minimum absolute atomic E-state index is 0.00701. The number of aromatic carboxylic acids is 1. The highest BCUT2D eigenvalue weighted by atomic mass is 16.4. The maximum absolute atomic E-state index is 12.8. The van der Waals surface area contributed by atoms with Crippen molar-refractivity contribution < 1.29 is 29.4 Å². The predicted octanol–water partition coefficient (Wildman–Crippen LogP) is 7.70. The molecule has 0 aliphatic carbocycles. The maximum atomic E-state index is 12.8. The summed E-state index contributed by atoms with van der Waals surface area (Å²) in [5.74, 6) is -2.48. The number of amides is 3. The molecule has 0 aliphatic heterocycles. The van der Waals surface area contributed by atoms with E-state index in [0.29, 0.717) is 12.1 Å². The second-order valence-electron chi connectivity index (χ2n) is 11.9. The molecule has 9 heteroatoms. The second kappa shape index (κ2) is 21.9. The van der Waals surface area contributed by atoms with Gasteiger partial charge in [-0.05, 0) is 55.8 Å². The summed E-state index contributed by atoms with van der Waals surface area (Å²) in [6.45, 7) is 3.63. The van der Waals surface area contributed by atoms with E-state index in [4.69, 9.17) is 5.11 Å². The Morgan fingerprint density at radius 3 is 1.71 bits per heavy atom. The number of carboxylic acids is 1. The molecular formula is C36H53N3O6. The van der Waals surface area contributed by atoms with Crippen molar-refractivity contribution in [3.05, 3.63) is 59.7 Å². The topological polar surface area (TPSA) is 145 Å². The van der Waals surface area contributed by atoms with Crippen LogP contribution in [0.4, 0.5) is 11.4 Å². The molecule has 0 bridgehead atoms. The SMILES string of the molecule is CCCCCCCCCCCCCCCCCC(=O)Nc1ccc(C(=O)N[C@H](C(=O)Nc2cccc(C(=O)O)c2)C(C)O)cc1. The number of carbonyl (C=O) groups excluding carboxylic acids is 3. The zero-order chi connectivity index (χ0) is 32.9. The molecule has 3 amide bonds. The summed E-state index contributed by atoms with van der Waals surface area (Å²) < 4.78 is 0. The molecule has 0 spiro atoms. The number of hydrogen-bond donors (Lipinski definition) is 5. The number of aliphatic hydroxyl groups excluding tert-OH is 1. The van der Waals surface area contributed by atoms with Gasteiger partial charge >= 0.3 is 5.97 Å². The van der Waals surface area contributed by atoms with E-state index >= 15 is 0 Å². The molecule has 0 saturated heterocycles. The van der Waals surface area contributed by atoms with Gasteiger partial charge in [-0.2, -0.15) is 0 Å². The van der Waals surface area contributed by atoms with E-state index in [2.05, 4.69) is 22.9 Å². The Morgan fingerprint density at radius 1 is 0.667 bits per heavy atom. The van der Waals surface area contributed by atoms with E-state index in [-0.39, 0.29) is 22.7 Å². The zero-order valence-corrected chi connectivity index (χ0v) is 27.1. The summed E-state index contributed by atoms with van der Waals surface area (Å²) in [5.41, 5.74) is 1.04. The third-order valence-corrected chi connectivity index (χ3v) is 7.87. The zero-order valence-electron chi connectivity index (χ0n) is 27.1. The first kappa shape index (κ1) is 37.5. The van der Waals surface area contributed by atoms with E-state index in [1.807, 2.05) is 0 Å². The lowest BCUT2D eigenvalue weighted by atomic mass is 10.0. The van der Waals surface area contributed by atoms with Crippen LogP contribution in [0.1, 0.15) is 137 Å². The van der Waals surface area contributed by atoms with Gasteiger partial charge in [0.25, 0.3) is 5.91 Å². The Morgan fingerprint density at radius 2 is 1.20 bits per heavy atom. The van der Waals surface area contributed by atoms with Gasteiger partial charge in [0.05, 0.1) is 11.7 Å². The van der Waals surface area contributed by atoms with Crippen LogP contribution in [0.2, 0.25) is 0 Å². The molecule has 45 heavy (non-hydrogen) atoms. The van der Waals surface area contributed by atoms with Crippen LogP contribution in [0.5, 0.6) is 0 Å². The molecule has 0 fully saturated rings. The highest BCUT2D eigenvalue weighted by molar-refractivity contribution is 6.02. The lowest BCUT2D eigenvalue weighted by Gasteiger charge is -2.21. The van der Waals surface area contributed by atoms with E-state index in [9.17, 15) is 24.3 Å². The smallest absolute Gasteiger partial charge is 0.335 e. The van der Waals surface area contributed by atoms with Crippen molar-refractivity contribution in [1.82, 2.24) is 5.32 Å². The lowest BCUT2D eigenvalue weighted by molar-refractivity contribution is -0.120. The Labute approximate surface area is 268 Å². The van der Waals surface area contributed by atoms with Crippen molar-refractivity contribution >= 4 is 35.1 Å². The average Bonchev–Trinajstić information content (AvgIpc) is 3.01. The van der Waals surface area contributed by atoms with Crippen molar-refractivity contribution in [2.24, 2.45) is 0 Å². The molecule has 2 aromatic carbocycles. The largest absolute Gasteiger partial charge is 0.478 e. The minimum atomic E-state index is -1.28. The first-order valence-electron chi connectivity index (χ1n) is 16.7. The van der Waals surface area contributed by atoms with Crippen LogP contribution in [-0.2, 0) is 9.59 Å². The molecule has 2 aromatic rings. The molecule has 5 N–H and O–H groups in total. The van der Waals surface area contributed by atoms with Crippen molar-refractivity contribution in [2.45, 2.75) is 129 Å². The van der Waals surface area contributed by atoms with Crippen LogP contribution in [-0.4, -0.2) is 46.0 Å². The van der Waals surface area contributed by atoms with Crippen LogP contribution in [0.25, 0.3) is 0 Å². The van der Waals surface area contributed by atoms with Crippen molar-refractivity contribution in [3.63, 3.8) is 0 Å². The third-order valence-electron chi connectivity index (χ3n) is 7.87. The molecule has 248 valence electrons. The van der Waals surface area contributed by atoms with Crippen molar-refractivity contribution in [2.75, 3.05) is 10.6 Å². The molecule has 9 nitrogen and oxygen atoms in total. The fourth-order valence-corrected chi connectivity index (χ4v) is 5.17. The van der Waals surface area contributed by atoms with Gasteiger partial charge in [0, 0.05) is 23.4 Å². The number of anilines is 2. The molecule has 0 radical (unpaired) electrons. The first-order chi connectivity index (χ1) is 21.7. The third kappa shape index (κ3) is 15.7. The average molecular weight is 624 g/mol. The molecule has 0 heterocycles. The summed E-state index contributed by atoms with van der Waals surface area (Å²) >= 11 is 0. The predicted molar refractivity (Wildman–Crippen MR) is 180 cm³/mol. The Bertz CT molecular complexity index is 1180. The molecule has 1 unspecified atom stereocenters. The molecular weight excluding hydrogens is 570 g/mol. The van der Waals surface area contributed by atoms with Crippen LogP contribution in [0.15, 0.2) is 48.5 Å². The first-order valence-corrected chi connectivity index (χ1v) is 16.7.